The molecule has 0 saturated heterocycles. The van der Waals surface area contributed by atoms with E-state index in [1.165, 1.54) is 35.1 Å². The van der Waals surface area contributed by atoms with Gasteiger partial charge in [0.25, 0.3) is 5.69 Å². The Hall–Kier alpha value is -3.39. The van der Waals surface area contributed by atoms with Crippen LogP contribution in [0.5, 0.6) is 0 Å². The van der Waals surface area contributed by atoms with Gasteiger partial charge in [-0.3, -0.25) is 20.2 Å². The number of nitrogens with one attached hydrogen (secondary N) is 1. The topological polar surface area (TPSA) is 98.0 Å². The summed E-state index contributed by atoms with van der Waals surface area (Å²) in [5, 5.41) is 22.8. The molecule has 1 atom stereocenters. The number of nitro benzene ring substituents is 1. The summed E-state index contributed by atoms with van der Waals surface area (Å²) in [6.45, 7) is 2.13. The minimum Gasteiger partial charge on any atom is -0.297 e. The van der Waals surface area contributed by atoms with Crippen LogP contribution in [-0.4, -0.2) is 21.0 Å². The number of non-ortho nitro benzene ring substituents is 1. The first-order valence-corrected chi connectivity index (χ1v) is 9.44. The second-order valence-corrected chi connectivity index (χ2v) is 7.25. The molecule has 0 radical (unpaired) electrons. The normalized spacial score (nSPS) is 12.0. The molecule has 1 N–H and O–H groups in total. The van der Waals surface area contributed by atoms with Crippen LogP contribution in [0.4, 0.5) is 10.8 Å². The van der Waals surface area contributed by atoms with Gasteiger partial charge < -0.3 is 0 Å². The van der Waals surface area contributed by atoms with E-state index in [-0.39, 0.29) is 11.6 Å². The van der Waals surface area contributed by atoms with E-state index < -0.39 is 4.92 Å². The lowest BCUT2D eigenvalue weighted by molar-refractivity contribution is -0.384. The third-order valence-electron chi connectivity index (χ3n) is 4.08. The number of aromatic nitrogens is 2. The van der Waals surface area contributed by atoms with Gasteiger partial charge in [-0.25, -0.2) is 0 Å². The monoisotopic (exact) mass is 394 g/mol. The van der Waals surface area contributed by atoms with Crippen molar-refractivity contribution in [2.75, 3.05) is 5.32 Å². The molecule has 1 aromatic heterocycles. The third-order valence-corrected chi connectivity index (χ3v) is 4.94. The minimum atomic E-state index is -0.466. The van der Waals surface area contributed by atoms with Crippen molar-refractivity contribution in [1.82, 2.24) is 10.2 Å². The summed E-state index contributed by atoms with van der Waals surface area (Å²) in [7, 11) is 0. The number of anilines is 1. The first-order chi connectivity index (χ1) is 13.5. The lowest BCUT2D eigenvalue weighted by Gasteiger charge is -2.08. The standard InChI is InChI=1S/C20H18N4O3S/c1-14(16-5-3-2-4-6-16)13-19-22-23-20(28-19)21-18(25)12-9-15-7-10-17(11-8-15)24(26)27/h2-12,14H,13H2,1H3,(H,21,23,25)/b12-9+. The second-order valence-electron chi connectivity index (χ2n) is 6.19. The van der Waals surface area contributed by atoms with Gasteiger partial charge >= 0.3 is 0 Å². The van der Waals surface area contributed by atoms with Crippen LogP contribution >= 0.6 is 11.3 Å². The van der Waals surface area contributed by atoms with Crippen molar-refractivity contribution in [2.24, 2.45) is 0 Å². The number of hydrogen-bond acceptors (Lipinski definition) is 6. The Bertz CT molecular complexity index is 984. The summed E-state index contributed by atoms with van der Waals surface area (Å²) in [6.07, 6.45) is 3.68. The molecule has 1 heterocycles. The molecule has 3 aromatic rings. The average Bonchev–Trinajstić information content (AvgIpc) is 3.14. The fraction of sp³-hybridized carbons (Fsp3) is 0.150. The highest BCUT2D eigenvalue weighted by Crippen LogP contribution is 2.24. The Labute approximate surface area is 165 Å². The minimum absolute atomic E-state index is 0.00715. The summed E-state index contributed by atoms with van der Waals surface area (Å²) in [5.41, 5.74) is 1.93. The molecule has 0 bridgehead atoms. The molecule has 7 nitrogen and oxygen atoms in total. The number of nitrogens with zero attached hydrogens (tertiary/aromatic N) is 3. The van der Waals surface area contributed by atoms with Gasteiger partial charge in [0.15, 0.2) is 0 Å². The number of carbonyl (C=O) groups is 1. The Morgan fingerprint density at radius 3 is 2.57 bits per heavy atom. The van der Waals surface area contributed by atoms with Gasteiger partial charge in [0, 0.05) is 24.6 Å². The maximum absolute atomic E-state index is 12.0. The van der Waals surface area contributed by atoms with Crippen LogP contribution in [0.15, 0.2) is 60.7 Å². The van der Waals surface area contributed by atoms with Gasteiger partial charge in [-0.1, -0.05) is 48.6 Å². The fourth-order valence-corrected chi connectivity index (χ4v) is 3.45. The molecule has 0 fully saturated rings. The van der Waals surface area contributed by atoms with E-state index in [1.807, 2.05) is 18.2 Å². The Balaban J connectivity index is 1.55. The molecule has 0 saturated carbocycles. The number of rotatable bonds is 7. The van der Waals surface area contributed by atoms with E-state index in [2.05, 4.69) is 34.6 Å². The zero-order valence-corrected chi connectivity index (χ0v) is 15.9. The van der Waals surface area contributed by atoms with E-state index in [0.717, 1.165) is 11.4 Å². The molecule has 1 unspecified atom stereocenters. The number of hydrogen-bond donors (Lipinski definition) is 1. The molecule has 8 heteroatoms. The summed E-state index contributed by atoms with van der Waals surface area (Å²) < 4.78 is 0. The molecule has 0 aliphatic heterocycles. The van der Waals surface area contributed by atoms with E-state index in [0.29, 0.717) is 16.6 Å². The SMILES string of the molecule is CC(Cc1nnc(NC(=O)/C=C/c2ccc([N+](=O)[O-])cc2)s1)c1ccccc1. The number of benzene rings is 2. The van der Waals surface area contributed by atoms with Gasteiger partial charge in [0.2, 0.25) is 11.0 Å². The molecule has 0 aliphatic carbocycles. The Kier molecular flexibility index (Phi) is 6.23. The summed E-state index contributed by atoms with van der Waals surface area (Å²) in [6, 6.07) is 16.1. The largest absolute Gasteiger partial charge is 0.297 e. The summed E-state index contributed by atoms with van der Waals surface area (Å²) in [4.78, 5) is 22.2. The van der Waals surface area contributed by atoms with Crippen LogP contribution in [0.2, 0.25) is 0 Å². The molecule has 2 aromatic carbocycles. The average molecular weight is 394 g/mol. The first kappa shape index (κ1) is 19.4. The Morgan fingerprint density at radius 2 is 1.89 bits per heavy atom. The lowest BCUT2D eigenvalue weighted by atomic mass is 9.98. The second kappa shape index (κ2) is 9.01. The molecule has 1 amide bonds. The molecule has 142 valence electrons. The fourth-order valence-electron chi connectivity index (χ4n) is 2.57. The highest BCUT2D eigenvalue weighted by Gasteiger charge is 2.12. The quantitative estimate of drug-likeness (QED) is 0.363. The van der Waals surface area contributed by atoms with E-state index in [1.54, 1.807) is 18.2 Å². The van der Waals surface area contributed by atoms with Crippen LogP contribution in [0.1, 0.15) is 29.0 Å². The highest BCUT2D eigenvalue weighted by molar-refractivity contribution is 7.15. The number of amides is 1. The molecule has 3 rings (SSSR count). The van der Waals surface area contributed by atoms with Crippen LogP contribution in [0, 0.1) is 10.1 Å². The maximum atomic E-state index is 12.0. The van der Waals surface area contributed by atoms with Gasteiger partial charge in [-0.15, -0.1) is 10.2 Å². The van der Waals surface area contributed by atoms with Crippen molar-refractivity contribution in [3.05, 3.63) is 86.9 Å². The van der Waals surface area contributed by atoms with Crippen LogP contribution in [-0.2, 0) is 11.2 Å². The predicted octanol–water partition coefficient (Wildman–Crippen LogP) is 4.44. The summed E-state index contributed by atoms with van der Waals surface area (Å²) in [5.74, 6) is -0.0307. The molecular weight excluding hydrogens is 376 g/mol. The van der Waals surface area contributed by atoms with Crippen molar-refractivity contribution >= 4 is 34.1 Å². The third kappa shape index (κ3) is 5.31. The van der Waals surface area contributed by atoms with E-state index in [4.69, 9.17) is 0 Å². The lowest BCUT2D eigenvalue weighted by Crippen LogP contribution is -2.07. The number of carbonyl (C=O) groups excluding carboxylic acids is 1. The molecule has 28 heavy (non-hydrogen) atoms. The van der Waals surface area contributed by atoms with Gasteiger partial charge in [-0.05, 0) is 35.3 Å². The predicted molar refractivity (Wildman–Crippen MR) is 109 cm³/mol. The van der Waals surface area contributed by atoms with Crippen molar-refractivity contribution in [3.8, 4) is 0 Å². The van der Waals surface area contributed by atoms with E-state index in [9.17, 15) is 14.9 Å². The van der Waals surface area contributed by atoms with Gasteiger partial charge in [-0.2, -0.15) is 0 Å². The van der Waals surface area contributed by atoms with Crippen molar-refractivity contribution in [2.45, 2.75) is 19.3 Å². The zero-order valence-electron chi connectivity index (χ0n) is 15.1. The van der Waals surface area contributed by atoms with Crippen LogP contribution < -0.4 is 5.32 Å². The van der Waals surface area contributed by atoms with E-state index >= 15 is 0 Å². The Morgan fingerprint density at radius 1 is 1.18 bits per heavy atom. The van der Waals surface area contributed by atoms with Gasteiger partial charge in [0.05, 0.1) is 4.92 Å². The number of nitro groups is 1. The highest BCUT2D eigenvalue weighted by atomic mass is 32.1. The first-order valence-electron chi connectivity index (χ1n) is 8.62. The molecule has 0 spiro atoms. The van der Waals surface area contributed by atoms with Crippen molar-refractivity contribution < 1.29 is 9.72 Å². The smallest absolute Gasteiger partial charge is 0.269 e. The zero-order chi connectivity index (χ0) is 19.9. The van der Waals surface area contributed by atoms with Gasteiger partial charge in [0.1, 0.15) is 5.01 Å². The maximum Gasteiger partial charge on any atom is 0.269 e. The van der Waals surface area contributed by atoms with Crippen molar-refractivity contribution in [1.29, 1.82) is 0 Å². The van der Waals surface area contributed by atoms with Crippen LogP contribution in [0.25, 0.3) is 6.08 Å². The van der Waals surface area contributed by atoms with Crippen LogP contribution in [0.3, 0.4) is 0 Å². The van der Waals surface area contributed by atoms with Crippen molar-refractivity contribution in [3.63, 3.8) is 0 Å². The molecular formula is C20H18N4O3S. The summed E-state index contributed by atoms with van der Waals surface area (Å²) >= 11 is 1.35. The molecule has 0 aliphatic rings.